The molecule has 0 heterocycles. The van der Waals surface area contributed by atoms with Gasteiger partial charge >= 0.3 is 0 Å². The first-order valence-corrected chi connectivity index (χ1v) is 7.07. The molecule has 0 aliphatic carbocycles. The minimum Gasteiger partial charge on any atom is -0.384 e. The van der Waals surface area contributed by atoms with Gasteiger partial charge in [0.25, 0.3) is 0 Å². The maximum Gasteiger partial charge on any atom is 0.0496 e. The van der Waals surface area contributed by atoms with Gasteiger partial charge in [-0.25, -0.2) is 0 Å². The summed E-state index contributed by atoms with van der Waals surface area (Å²) in [5.74, 6) is 0. The average Bonchev–Trinajstić information content (AvgIpc) is 2.35. The van der Waals surface area contributed by atoms with Crippen LogP contribution in [0.25, 0.3) is 0 Å². The molecule has 2 aromatic rings. The van der Waals surface area contributed by atoms with Crippen molar-refractivity contribution in [1.29, 1.82) is 0 Å². The van der Waals surface area contributed by atoms with Crippen molar-refractivity contribution in [2.75, 3.05) is 11.9 Å². The number of hydrogen-bond acceptors (Lipinski definition) is 1. The number of anilines is 1. The Bertz CT molecular complexity index is 483. The monoisotopic (exact) mass is 353 g/mol. The Balaban J connectivity index is 1.92. The van der Waals surface area contributed by atoms with Gasteiger partial charge in [0.2, 0.25) is 0 Å². The minimum atomic E-state index is 0.930. The maximum atomic E-state index is 3.53. The van der Waals surface area contributed by atoms with Gasteiger partial charge in [0.05, 0.1) is 0 Å². The molecule has 0 radical (unpaired) electrons. The van der Waals surface area contributed by atoms with Crippen LogP contribution in [-0.4, -0.2) is 6.54 Å². The van der Waals surface area contributed by atoms with Crippen molar-refractivity contribution in [2.45, 2.75) is 6.42 Å². The summed E-state index contributed by atoms with van der Waals surface area (Å²) < 4.78 is 2.18. The number of hydrogen-bond donors (Lipinski definition) is 1. The minimum absolute atomic E-state index is 0.930. The van der Waals surface area contributed by atoms with E-state index < -0.39 is 0 Å². The SMILES string of the molecule is Brc1ccc(Br)c(NCCc2ccccc2)c1. The van der Waals surface area contributed by atoms with Gasteiger partial charge in [-0.3, -0.25) is 0 Å². The lowest BCUT2D eigenvalue weighted by Crippen LogP contribution is -2.05. The van der Waals surface area contributed by atoms with Crippen LogP contribution in [0.5, 0.6) is 0 Å². The third-order valence-electron chi connectivity index (χ3n) is 2.50. The lowest BCUT2D eigenvalue weighted by molar-refractivity contribution is 1.02. The van der Waals surface area contributed by atoms with Crippen molar-refractivity contribution < 1.29 is 0 Å². The molecule has 0 aromatic heterocycles. The van der Waals surface area contributed by atoms with Crippen molar-refractivity contribution in [3.63, 3.8) is 0 Å². The van der Waals surface area contributed by atoms with Crippen LogP contribution in [0.15, 0.2) is 57.5 Å². The molecule has 0 aliphatic heterocycles. The Morgan fingerprint density at radius 2 is 1.71 bits per heavy atom. The number of benzene rings is 2. The van der Waals surface area contributed by atoms with E-state index in [0.717, 1.165) is 27.6 Å². The molecule has 2 aromatic carbocycles. The molecule has 0 unspecified atom stereocenters. The maximum absolute atomic E-state index is 3.53. The molecular formula is C14H13Br2N. The molecule has 0 bridgehead atoms. The lowest BCUT2D eigenvalue weighted by Gasteiger charge is -2.09. The zero-order valence-corrected chi connectivity index (χ0v) is 12.5. The highest BCUT2D eigenvalue weighted by molar-refractivity contribution is 9.11. The second kappa shape index (κ2) is 6.22. The first kappa shape index (κ1) is 12.7. The molecule has 0 fully saturated rings. The summed E-state index contributed by atoms with van der Waals surface area (Å²) in [5.41, 5.74) is 2.47. The van der Waals surface area contributed by atoms with Crippen LogP contribution in [0, 0.1) is 0 Å². The predicted octanol–water partition coefficient (Wildman–Crippen LogP) is 4.87. The Hall–Kier alpha value is -0.800. The van der Waals surface area contributed by atoms with Crippen molar-refractivity contribution in [2.24, 2.45) is 0 Å². The van der Waals surface area contributed by atoms with E-state index in [1.54, 1.807) is 0 Å². The van der Waals surface area contributed by atoms with E-state index in [-0.39, 0.29) is 0 Å². The molecule has 0 atom stereocenters. The largest absolute Gasteiger partial charge is 0.384 e. The predicted molar refractivity (Wildman–Crippen MR) is 80.5 cm³/mol. The van der Waals surface area contributed by atoms with Crippen LogP contribution < -0.4 is 5.32 Å². The van der Waals surface area contributed by atoms with Crippen LogP contribution in [-0.2, 0) is 6.42 Å². The highest BCUT2D eigenvalue weighted by Crippen LogP contribution is 2.25. The van der Waals surface area contributed by atoms with Crippen LogP contribution in [0.4, 0.5) is 5.69 Å². The van der Waals surface area contributed by atoms with Gasteiger partial charge < -0.3 is 5.32 Å². The summed E-state index contributed by atoms with van der Waals surface area (Å²) in [5, 5.41) is 3.43. The topological polar surface area (TPSA) is 12.0 Å². The Kier molecular flexibility index (Phi) is 4.63. The van der Waals surface area contributed by atoms with Gasteiger partial charge in [0.15, 0.2) is 0 Å². The fourth-order valence-corrected chi connectivity index (χ4v) is 2.37. The summed E-state index contributed by atoms with van der Waals surface area (Å²) >= 11 is 7.01. The average molecular weight is 355 g/mol. The van der Waals surface area contributed by atoms with Crippen molar-refractivity contribution in [1.82, 2.24) is 0 Å². The normalized spacial score (nSPS) is 10.2. The highest BCUT2D eigenvalue weighted by atomic mass is 79.9. The Morgan fingerprint density at radius 1 is 0.941 bits per heavy atom. The summed E-state index contributed by atoms with van der Waals surface area (Å²) in [4.78, 5) is 0. The highest BCUT2D eigenvalue weighted by Gasteiger charge is 1.99. The van der Waals surface area contributed by atoms with Crippen LogP contribution >= 0.6 is 31.9 Å². The van der Waals surface area contributed by atoms with Crippen molar-refractivity contribution in [3.8, 4) is 0 Å². The molecule has 0 saturated carbocycles. The molecule has 0 aliphatic rings. The molecule has 1 nitrogen and oxygen atoms in total. The first-order valence-electron chi connectivity index (χ1n) is 5.48. The lowest BCUT2D eigenvalue weighted by atomic mass is 10.1. The number of halogens is 2. The van der Waals surface area contributed by atoms with Gasteiger partial charge in [-0.2, -0.15) is 0 Å². The van der Waals surface area contributed by atoms with Crippen molar-refractivity contribution in [3.05, 3.63) is 63.0 Å². The molecule has 3 heteroatoms. The van der Waals surface area contributed by atoms with Crippen LogP contribution in [0.1, 0.15) is 5.56 Å². The third-order valence-corrected chi connectivity index (χ3v) is 3.69. The molecule has 0 amide bonds. The van der Waals surface area contributed by atoms with E-state index in [4.69, 9.17) is 0 Å². The van der Waals surface area contributed by atoms with E-state index in [1.165, 1.54) is 5.56 Å². The second-order valence-corrected chi connectivity index (χ2v) is 5.56. The standard InChI is InChI=1S/C14H13Br2N/c15-12-6-7-13(16)14(10-12)17-9-8-11-4-2-1-3-5-11/h1-7,10,17H,8-9H2. The molecule has 2 rings (SSSR count). The summed E-state index contributed by atoms with van der Waals surface area (Å²) in [6.45, 7) is 0.930. The quantitative estimate of drug-likeness (QED) is 0.826. The van der Waals surface area contributed by atoms with E-state index in [0.29, 0.717) is 0 Å². The number of rotatable bonds is 4. The van der Waals surface area contributed by atoms with E-state index in [2.05, 4.69) is 67.5 Å². The van der Waals surface area contributed by atoms with Gasteiger partial charge in [-0.15, -0.1) is 0 Å². The van der Waals surface area contributed by atoms with Crippen LogP contribution in [0.2, 0.25) is 0 Å². The van der Waals surface area contributed by atoms with Crippen molar-refractivity contribution >= 4 is 37.5 Å². The molecule has 0 saturated heterocycles. The Labute approximate surface area is 119 Å². The van der Waals surface area contributed by atoms with Gasteiger partial charge in [0, 0.05) is 21.2 Å². The fourth-order valence-electron chi connectivity index (χ4n) is 1.62. The molecular weight excluding hydrogens is 342 g/mol. The molecule has 0 spiro atoms. The van der Waals surface area contributed by atoms with E-state index >= 15 is 0 Å². The third kappa shape index (κ3) is 3.86. The van der Waals surface area contributed by atoms with Gasteiger partial charge in [-0.05, 0) is 46.1 Å². The van der Waals surface area contributed by atoms with E-state index in [1.807, 2.05) is 18.2 Å². The van der Waals surface area contributed by atoms with Gasteiger partial charge in [-0.1, -0.05) is 46.3 Å². The second-order valence-electron chi connectivity index (χ2n) is 3.79. The Morgan fingerprint density at radius 3 is 2.47 bits per heavy atom. The molecule has 17 heavy (non-hydrogen) atoms. The first-order chi connectivity index (χ1) is 8.25. The summed E-state index contributed by atoms with van der Waals surface area (Å²) in [7, 11) is 0. The van der Waals surface area contributed by atoms with Gasteiger partial charge in [0.1, 0.15) is 0 Å². The zero-order chi connectivity index (χ0) is 12.1. The van der Waals surface area contributed by atoms with E-state index in [9.17, 15) is 0 Å². The number of nitrogens with one attached hydrogen (secondary N) is 1. The smallest absolute Gasteiger partial charge is 0.0496 e. The van der Waals surface area contributed by atoms with Crippen LogP contribution in [0.3, 0.4) is 0 Å². The molecule has 88 valence electrons. The zero-order valence-electron chi connectivity index (χ0n) is 9.29. The summed E-state index contributed by atoms with van der Waals surface area (Å²) in [6.07, 6.45) is 1.03. The fraction of sp³-hybridized carbons (Fsp3) is 0.143. The molecule has 1 N–H and O–H groups in total. The summed E-state index contributed by atoms with van der Waals surface area (Å²) in [6, 6.07) is 16.6.